The van der Waals surface area contributed by atoms with Crippen molar-refractivity contribution in [2.24, 2.45) is 0 Å². The van der Waals surface area contributed by atoms with Crippen LogP contribution in [-0.2, 0) is 17.6 Å². The molecule has 30 heavy (non-hydrogen) atoms. The molecule has 1 heterocycles. The molecule has 1 unspecified atom stereocenters. The molecule has 2 aromatic carbocycles. The monoisotopic (exact) mass is 406 g/mol. The van der Waals surface area contributed by atoms with Gasteiger partial charge in [0.25, 0.3) is 0 Å². The molecule has 0 radical (unpaired) electrons. The Kier molecular flexibility index (Phi) is 8.80. The van der Waals surface area contributed by atoms with Crippen LogP contribution in [0.1, 0.15) is 68.6 Å². The highest BCUT2D eigenvalue weighted by molar-refractivity contribution is 5.76. The van der Waals surface area contributed by atoms with Crippen LogP contribution < -0.4 is 10.2 Å². The lowest BCUT2D eigenvalue weighted by atomic mass is 9.95. The van der Waals surface area contributed by atoms with Gasteiger partial charge in [0.15, 0.2) is 0 Å². The zero-order chi connectivity index (χ0) is 21.2. The van der Waals surface area contributed by atoms with Crippen molar-refractivity contribution in [1.29, 1.82) is 0 Å². The Morgan fingerprint density at radius 3 is 2.53 bits per heavy atom. The number of rotatable bonds is 10. The van der Waals surface area contributed by atoms with Crippen molar-refractivity contribution in [1.82, 2.24) is 5.32 Å². The number of hydrogen-bond donors (Lipinski definition) is 1. The van der Waals surface area contributed by atoms with Crippen LogP contribution >= 0.6 is 0 Å². The number of carbonyl (C=O) groups excluding carboxylic acids is 1. The third kappa shape index (κ3) is 6.62. The normalized spacial score (nSPS) is 15.1. The first-order chi connectivity index (χ1) is 14.7. The summed E-state index contributed by atoms with van der Waals surface area (Å²) in [6.45, 7) is 6.76. The zero-order valence-electron chi connectivity index (χ0n) is 18.8. The molecule has 0 saturated carbocycles. The molecular formula is C27H38N2O. The molecule has 1 fully saturated rings. The minimum Gasteiger partial charge on any atom is -0.371 e. The standard InChI is InChI=1S/C27H38N2O/c1-3-4-16-25(28-26(30)18-17-23-13-7-5-8-14-23)21-24-15-11-12-22(2)27(24)29-19-9-6-10-20-29/h5,7-8,11-15,25H,3-4,6,9-10,16-21H2,1-2H3,(H,28,30). The molecule has 1 amide bonds. The summed E-state index contributed by atoms with van der Waals surface area (Å²) in [5.41, 5.74) is 5.39. The minimum absolute atomic E-state index is 0.173. The van der Waals surface area contributed by atoms with Gasteiger partial charge in [-0.1, -0.05) is 68.3 Å². The summed E-state index contributed by atoms with van der Waals surface area (Å²) in [6.07, 6.45) is 9.53. The minimum atomic E-state index is 0.173. The van der Waals surface area contributed by atoms with Crippen LogP contribution in [0.15, 0.2) is 48.5 Å². The fourth-order valence-corrected chi connectivity index (χ4v) is 4.60. The van der Waals surface area contributed by atoms with E-state index in [1.807, 2.05) is 18.2 Å². The molecule has 1 aliphatic rings. The van der Waals surface area contributed by atoms with Crippen LogP contribution in [-0.4, -0.2) is 25.0 Å². The van der Waals surface area contributed by atoms with Gasteiger partial charge in [0.05, 0.1) is 0 Å². The molecule has 3 rings (SSSR count). The van der Waals surface area contributed by atoms with Crippen molar-refractivity contribution in [2.75, 3.05) is 18.0 Å². The van der Waals surface area contributed by atoms with E-state index >= 15 is 0 Å². The van der Waals surface area contributed by atoms with Crippen LogP contribution in [0.4, 0.5) is 5.69 Å². The van der Waals surface area contributed by atoms with E-state index in [2.05, 4.69) is 54.4 Å². The molecule has 1 saturated heterocycles. The van der Waals surface area contributed by atoms with E-state index in [9.17, 15) is 4.79 Å². The van der Waals surface area contributed by atoms with E-state index in [1.54, 1.807) is 0 Å². The molecule has 3 nitrogen and oxygen atoms in total. The fourth-order valence-electron chi connectivity index (χ4n) is 4.60. The summed E-state index contributed by atoms with van der Waals surface area (Å²) in [5.74, 6) is 0.173. The lowest BCUT2D eigenvalue weighted by molar-refractivity contribution is -0.121. The number of nitrogens with zero attached hydrogens (tertiary/aromatic N) is 1. The molecular weight excluding hydrogens is 368 g/mol. The van der Waals surface area contributed by atoms with Crippen LogP contribution in [0, 0.1) is 6.92 Å². The maximum Gasteiger partial charge on any atom is 0.220 e. The van der Waals surface area contributed by atoms with Crippen molar-refractivity contribution in [2.45, 2.75) is 77.7 Å². The fraction of sp³-hybridized carbons (Fsp3) is 0.519. The summed E-state index contributed by atoms with van der Waals surface area (Å²) < 4.78 is 0. The number of benzene rings is 2. The number of carbonyl (C=O) groups is 1. The number of nitrogens with one attached hydrogen (secondary N) is 1. The van der Waals surface area contributed by atoms with E-state index in [0.717, 1.165) is 45.2 Å². The molecule has 0 spiro atoms. The molecule has 1 N–H and O–H groups in total. The van der Waals surface area contributed by atoms with Gasteiger partial charge in [0, 0.05) is 31.2 Å². The van der Waals surface area contributed by atoms with E-state index in [4.69, 9.17) is 0 Å². The predicted octanol–water partition coefficient (Wildman–Crippen LogP) is 5.84. The third-order valence-corrected chi connectivity index (χ3v) is 6.21. The second-order valence-electron chi connectivity index (χ2n) is 8.73. The number of para-hydroxylation sites is 1. The first-order valence-corrected chi connectivity index (χ1v) is 11.8. The quantitative estimate of drug-likeness (QED) is 0.538. The Morgan fingerprint density at radius 1 is 1.03 bits per heavy atom. The van der Waals surface area contributed by atoms with Gasteiger partial charge in [-0.2, -0.15) is 0 Å². The summed E-state index contributed by atoms with van der Waals surface area (Å²) in [6, 6.07) is 17.2. The number of piperidine rings is 1. The van der Waals surface area contributed by atoms with Crippen LogP contribution in [0.5, 0.6) is 0 Å². The molecule has 0 aromatic heterocycles. The zero-order valence-corrected chi connectivity index (χ0v) is 18.8. The molecule has 3 heteroatoms. The Bertz CT molecular complexity index is 781. The maximum absolute atomic E-state index is 12.7. The maximum atomic E-state index is 12.7. The Labute approximate surface area is 182 Å². The van der Waals surface area contributed by atoms with Crippen LogP contribution in [0.3, 0.4) is 0 Å². The van der Waals surface area contributed by atoms with E-state index in [0.29, 0.717) is 6.42 Å². The highest BCUT2D eigenvalue weighted by Crippen LogP contribution is 2.29. The lowest BCUT2D eigenvalue weighted by Gasteiger charge is -2.33. The molecule has 0 bridgehead atoms. The SMILES string of the molecule is CCCCC(Cc1cccc(C)c1N1CCCCC1)NC(=O)CCc1ccccc1. The second-order valence-corrected chi connectivity index (χ2v) is 8.73. The van der Waals surface area contributed by atoms with E-state index < -0.39 is 0 Å². The summed E-state index contributed by atoms with van der Waals surface area (Å²) in [5, 5.41) is 3.36. The topological polar surface area (TPSA) is 32.3 Å². The molecule has 2 aromatic rings. The number of amides is 1. The van der Waals surface area contributed by atoms with Gasteiger partial charge < -0.3 is 10.2 Å². The second kappa shape index (κ2) is 11.8. The number of aryl methyl sites for hydroxylation is 2. The molecule has 162 valence electrons. The molecule has 0 aliphatic carbocycles. The third-order valence-electron chi connectivity index (χ3n) is 6.21. The summed E-state index contributed by atoms with van der Waals surface area (Å²) in [7, 11) is 0. The van der Waals surface area contributed by atoms with Crippen molar-refractivity contribution >= 4 is 11.6 Å². The predicted molar refractivity (Wildman–Crippen MR) is 127 cm³/mol. The molecule has 1 aliphatic heterocycles. The van der Waals surface area contributed by atoms with Crippen molar-refractivity contribution in [3.05, 3.63) is 65.2 Å². The van der Waals surface area contributed by atoms with Gasteiger partial charge in [-0.3, -0.25) is 4.79 Å². The van der Waals surface area contributed by atoms with E-state index in [-0.39, 0.29) is 11.9 Å². The highest BCUT2D eigenvalue weighted by Gasteiger charge is 2.20. The van der Waals surface area contributed by atoms with Crippen LogP contribution in [0.2, 0.25) is 0 Å². The van der Waals surface area contributed by atoms with Gasteiger partial charge in [0.1, 0.15) is 0 Å². The first kappa shape index (κ1) is 22.4. The number of anilines is 1. The Morgan fingerprint density at radius 2 is 1.80 bits per heavy atom. The lowest BCUT2D eigenvalue weighted by Crippen LogP contribution is -2.37. The van der Waals surface area contributed by atoms with E-state index in [1.165, 1.54) is 41.6 Å². The van der Waals surface area contributed by atoms with Crippen molar-refractivity contribution in [3.63, 3.8) is 0 Å². The van der Waals surface area contributed by atoms with Gasteiger partial charge in [-0.05, 0) is 62.1 Å². The van der Waals surface area contributed by atoms with Gasteiger partial charge in [-0.25, -0.2) is 0 Å². The summed E-state index contributed by atoms with van der Waals surface area (Å²) >= 11 is 0. The summed E-state index contributed by atoms with van der Waals surface area (Å²) in [4.78, 5) is 15.3. The number of unbranched alkanes of at least 4 members (excludes halogenated alkanes) is 1. The molecule has 1 atom stereocenters. The van der Waals surface area contributed by atoms with Crippen molar-refractivity contribution < 1.29 is 4.79 Å². The van der Waals surface area contributed by atoms with Gasteiger partial charge >= 0.3 is 0 Å². The average molecular weight is 407 g/mol. The van der Waals surface area contributed by atoms with Crippen LogP contribution in [0.25, 0.3) is 0 Å². The number of hydrogen-bond acceptors (Lipinski definition) is 2. The average Bonchev–Trinajstić information content (AvgIpc) is 2.77. The smallest absolute Gasteiger partial charge is 0.220 e. The first-order valence-electron chi connectivity index (χ1n) is 11.8. The van der Waals surface area contributed by atoms with Gasteiger partial charge in [0.2, 0.25) is 5.91 Å². The Balaban J connectivity index is 1.67. The largest absolute Gasteiger partial charge is 0.371 e. The van der Waals surface area contributed by atoms with Gasteiger partial charge in [-0.15, -0.1) is 0 Å². The highest BCUT2D eigenvalue weighted by atomic mass is 16.1. The van der Waals surface area contributed by atoms with Crippen molar-refractivity contribution in [3.8, 4) is 0 Å². The Hall–Kier alpha value is -2.29.